The van der Waals surface area contributed by atoms with Gasteiger partial charge in [-0.2, -0.15) is 0 Å². The first-order valence-corrected chi connectivity index (χ1v) is 13.5. The lowest BCUT2D eigenvalue weighted by Gasteiger charge is -2.16. The second-order valence-electron chi connectivity index (χ2n) is 8.02. The zero-order valence-corrected chi connectivity index (χ0v) is 23.3. The quantitative estimate of drug-likeness (QED) is 0.103. The van der Waals surface area contributed by atoms with Crippen LogP contribution in [0.1, 0.15) is 29.1 Å². The van der Waals surface area contributed by atoms with E-state index >= 15 is 0 Å². The van der Waals surface area contributed by atoms with Gasteiger partial charge in [-0.25, -0.2) is 0 Å². The van der Waals surface area contributed by atoms with Gasteiger partial charge in [0, 0.05) is 15.1 Å². The summed E-state index contributed by atoms with van der Waals surface area (Å²) in [6, 6.07) is 20.6. The second kappa shape index (κ2) is 12.4. The van der Waals surface area contributed by atoms with Crippen LogP contribution in [0.4, 0.5) is 0 Å². The van der Waals surface area contributed by atoms with Gasteiger partial charge in [0.25, 0.3) is 0 Å². The summed E-state index contributed by atoms with van der Waals surface area (Å²) in [7, 11) is 0. The summed E-state index contributed by atoms with van der Waals surface area (Å²) >= 11 is 11.2. The van der Waals surface area contributed by atoms with Crippen LogP contribution in [0.2, 0.25) is 5.02 Å². The van der Waals surface area contributed by atoms with E-state index < -0.39 is 5.25 Å². The summed E-state index contributed by atoms with van der Waals surface area (Å²) in [5, 5.41) is 20.4. The lowest BCUT2D eigenvalue weighted by Crippen LogP contribution is -2.11. The van der Waals surface area contributed by atoms with Gasteiger partial charge >= 0.3 is 0 Å². The van der Waals surface area contributed by atoms with E-state index in [4.69, 9.17) is 21.1 Å². The van der Waals surface area contributed by atoms with Gasteiger partial charge in [0.15, 0.2) is 5.16 Å². The van der Waals surface area contributed by atoms with Crippen LogP contribution in [0.25, 0.3) is 5.69 Å². The molecular formula is C26H24BrClN4O4S. The van der Waals surface area contributed by atoms with Gasteiger partial charge < -0.3 is 9.47 Å². The van der Waals surface area contributed by atoms with Crippen molar-refractivity contribution in [1.82, 2.24) is 14.8 Å². The van der Waals surface area contributed by atoms with E-state index in [1.165, 1.54) is 11.8 Å². The predicted molar refractivity (Wildman–Crippen MR) is 148 cm³/mol. The minimum Gasteiger partial charge on any atom is -0.494 e. The Morgan fingerprint density at radius 1 is 1.08 bits per heavy atom. The van der Waals surface area contributed by atoms with E-state index in [9.17, 15) is 10.1 Å². The van der Waals surface area contributed by atoms with Crippen molar-refractivity contribution in [3.05, 3.63) is 103 Å². The molecule has 0 spiro atoms. The molecule has 1 heterocycles. The third kappa shape index (κ3) is 7.03. The number of hydrogen-bond acceptors (Lipinski definition) is 7. The number of ether oxygens (including phenoxy) is 2. The Morgan fingerprint density at radius 2 is 1.81 bits per heavy atom. The minimum atomic E-state index is -0.543. The monoisotopic (exact) mass is 602 g/mol. The van der Waals surface area contributed by atoms with Crippen LogP contribution in [-0.2, 0) is 6.61 Å². The van der Waals surface area contributed by atoms with Gasteiger partial charge in [-0.15, -0.1) is 10.2 Å². The van der Waals surface area contributed by atoms with Crippen LogP contribution in [-0.4, -0.2) is 32.8 Å². The fourth-order valence-corrected chi connectivity index (χ4v) is 5.30. The average molecular weight is 604 g/mol. The topological polar surface area (TPSA) is 92.3 Å². The number of benzene rings is 3. The van der Waals surface area contributed by atoms with Crippen molar-refractivity contribution < 1.29 is 14.4 Å². The molecule has 4 rings (SSSR count). The van der Waals surface area contributed by atoms with Crippen LogP contribution in [0.15, 0.2) is 76.4 Å². The number of nitro groups is 1. The van der Waals surface area contributed by atoms with E-state index in [2.05, 4.69) is 26.1 Å². The highest BCUT2D eigenvalue weighted by Crippen LogP contribution is 2.39. The molecule has 0 aliphatic rings. The predicted octanol–water partition coefficient (Wildman–Crippen LogP) is 7.08. The van der Waals surface area contributed by atoms with Crippen molar-refractivity contribution in [3.8, 4) is 17.2 Å². The van der Waals surface area contributed by atoms with Crippen molar-refractivity contribution in [2.45, 2.75) is 30.9 Å². The molecular weight excluding hydrogens is 580 g/mol. The van der Waals surface area contributed by atoms with Gasteiger partial charge in [0.1, 0.15) is 29.2 Å². The smallest absolute Gasteiger partial charge is 0.220 e. The Labute approximate surface area is 232 Å². The molecule has 0 saturated carbocycles. The molecule has 0 amide bonds. The summed E-state index contributed by atoms with van der Waals surface area (Å²) in [4.78, 5) is 11.2. The molecule has 0 bridgehead atoms. The molecule has 3 aromatic carbocycles. The zero-order valence-electron chi connectivity index (χ0n) is 20.1. The third-order valence-corrected chi connectivity index (χ3v) is 7.40. The Bertz CT molecular complexity index is 1370. The van der Waals surface area contributed by atoms with Gasteiger partial charge in [0.05, 0.1) is 11.6 Å². The van der Waals surface area contributed by atoms with Crippen molar-refractivity contribution in [2.24, 2.45) is 0 Å². The van der Waals surface area contributed by atoms with Crippen molar-refractivity contribution >= 4 is 39.3 Å². The molecule has 1 aromatic heterocycles. The number of thioether (sulfide) groups is 1. The van der Waals surface area contributed by atoms with Crippen LogP contribution < -0.4 is 9.47 Å². The number of rotatable bonds is 11. The van der Waals surface area contributed by atoms with Crippen LogP contribution in [0.3, 0.4) is 0 Å². The van der Waals surface area contributed by atoms with E-state index in [1.807, 2.05) is 66.9 Å². The molecule has 0 N–H and O–H groups in total. The van der Waals surface area contributed by atoms with E-state index in [-0.39, 0.29) is 11.5 Å². The highest BCUT2D eigenvalue weighted by atomic mass is 79.9. The zero-order chi connectivity index (χ0) is 26.4. The maximum Gasteiger partial charge on any atom is 0.220 e. The second-order valence-corrected chi connectivity index (χ2v) is 10.5. The Hall–Kier alpha value is -3.08. The first-order chi connectivity index (χ1) is 17.8. The summed E-state index contributed by atoms with van der Waals surface area (Å²) in [5.41, 5.74) is 2.53. The molecule has 11 heteroatoms. The Morgan fingerprint density at radius 3 is 2.46 bits per heavy atom. The lowest BCUT2D eigenvalue weighted by molar-refractivity contribution is -0.479. The van der Waals surface area contributed by atoms with Crippen molar-refractivity contribution in [2.75, 3.05) is 13.2 Å². The van der Waals surface area contributed by atoms with Gasteiger partial charge in [-0.3, -0.25) is 14.7 Å². The lowest BCUT2D eigenvalue weighted by atomic mass is 10.1. The summed E-state index contributed by atoms with van der Waals surface area (Å²) in [5.74, 6) is 1.93. The average Bonchev–Trinajstić information content (AvgIpc) is 3.24. The highest BCUT2D eigenvalue weighted by Gasteiger charge is 2.24. The molecule has 0 unspecified atom stereocenters. The molecule has 4 aromatic rings. The highest BCUT2D eigenvalue weighted by molar-refractivity contribution is 9.10. The maximum atomic E-state index is 11.5. The van der Waals surface area contributed by atoms with Gasteiger partial charge in [-0.1, -0.05) is 57.5 Å². The molecule has 0 aliphatic heterocycles. The fraction of sp³-hybridized carbons (Fsp3) is 0.231. The minimum absolute atomic E-state index is 0.310. The number of nitrogens with zero attached hydrogens (tertiary/aromatic N) is 4. The first kappa shape index (κ1) is 27.0. The number of aromatic nitrogens is 3. The van der Waals surface area contributed by atoms with Crippen molar-refractivity contribution in [3.63, 3.8) is 0 Å². The van der Waals surface area contributed by atoms with E-state index in [0.717, 1.165) is 21.5 Å². The van der Waals surface area contributed by atoms with Crippen LogP contribution in [0, 0.1) is 17.0 Å². The molecule has 0 saturated heterocycles. The largest absolute Gasteiger partial charge is 0.494 e. The molecule has 0 aliphatic carbocycles. The molecule has 8 nitrogen and oxygen atoms in total. The third-order valence-electron chi connectivity index (χ3n) is 5.40. The first-order valence-electron chi connectivity index (χ1n) is 11.4. The number of hydrogen-bond donors (Lipinski definition) is 0. The molecule has 37 heavy (non-hydrogen) atoms. The van der Waals surface area contributed by atoms with Crippen molar-refractivity contribution in [1.29, 1.82) is 0 Å². The molecule has 0 radical (unpaired) electrons. The summed E-state index contributed by atoms with van der Waals surface area (Å²) in [6.45, 7) is 4.38. The van der Waals surface area contributed by atoms with Gasteiger partial charge in [-0.05, 0) is 73.5 Å². The van der Waals surface area contributed by atoms with E-state index in [1.54, 1.807) is 18.2 Å². The summed E-state index contributed by atoms with van der Waals surface area (Å²) in [6.07, 6.45) is 0. The maximum absolute atomic E-state index is 11.5. The normalized spacial score (nSPS) is 11.8. The Kier molecular flexibility index (Phi) is 9.07. The van der Waals surface area contributed by atoms with Gasteiger partial charge in [0.2, 0.25) is 6.54 Å². The fourth-order valence-electron chi connectivity index (χ4n) is 3.62. The summed E-state index contributed by atoms with van der Waals surface area (Å²) < 4.78 is 14.3. The number of aryl methyl sites for hydroxylation is 1. The standard InChI is InChI=1S/C26H24BrClN4O4S/c1-3-35-22-11-9-21(10-12-22)32-17(2)29-30-26(32)37-25(15-31(33)34)19-6-13-24(23(28)14-19)36-16-18-4-7-20(27)8-5-18/h4-14,25H,3,15-16H2,1-2H3/t25-/m0/s1. The number of halogens is 2. The SMILES string of the molecule is CCOc1ccc(-n2c(C)nnc2S[C@@H](C[N+](=O)[O-])c2ccc(OCc3ccc(Br)cc3)c(Cl)c2)cc1. The Balaban J connectivity index is 1.55. The molecule has 192 valence electrons. The van der Waals surface area contributed by atoms with Crippen LogP contribution >= 0.6 is 39.3 Å². The molecule has 1 atom stereocenters. The van der Waals surface area contributed by atoms with E-state index in [0.29, 0.717) is 40.5 Å². The van der Waals surface area contributed by atoms with Crippen LogP contribution in [0.5, 0.6) is 11.5 Å². The molecule has 0 fully saturated rings.